The second-order valence-electron chi connectivity index (χ2n) is 6.75. The molecule has 0 saturated carbocycles. The molecule has 1 aromatic carbocycles. The summed E-state index contributed by atoms with van der Waals surface area (Å²) in [6.45, 7) is 8.54. The van der Waals surface area contributed by atoms with Gasteiger partial charge in [0.15, 0.2) is 0 Å². The van der Waals surface area contributed by atoms with Crippen LogP contribution in [0, 0.1) is 6.92 Å². The molecule has 0 unspecified atom stereocenters. The summed E-state index contributed by atoms with van der Waals surface area (Å²) in [5.74, 6) is 1.82. The molecule has 0 spiro atoms. The van der Waals surface area contributed by atoms with E-state index in [1.807, 2.05) is 36.4 Å². The number of fused-ring (bicyclic) bond motifs is 1. The van der Waals surface area contributed by atoms with E-state index in [9.17, 15) is 0 Å². The van der Waals surface area contributed by atoms with Crippen LogP contribution in [0.5, 0.6) is 5.75 Å². The monoisotopic (exact) mass is 309 g/mol. The van der Waals surface area contributed by atoms with Crippen LogP contribution in [0.4, 0.5) is 5.82 Å². The van der Waals surface area contributed by atoms with Crippen molar-refractivity contribution in [3.8, 4) is 17.0 Å². The number of methoxy groups -OCH3 is 1. The fraction of sp³-hybridized carbons (Fsp3) is 0.316. The summed E-state index contributed by atoms with van der Waals surface area (Å²) < 4.78 is 7.69. The van der Waals surface area contributed by atoms with Gasteiger partial charge >= 0.3 is 0 Å². The quantitative estimate of drug-likeness (QED) is 0.772. The van der Waals surface area contributed by atoms with Crippen LogP contribution in [0.25, 0.3) is 16.9 Å². The molecule has 0 bridgehead atoms. The highest BCUT2D eigenvalue weighted by molar-refractivity contribution is 5.80. The van der Waals surface area contributed by atoms with E-state index in [4.69, 9.17) is 9.72 Å². The fourth-order valence-corrected chi connectivity index (χ4v) is 2.75. The van der Waals surface area contributed by atoms with E-state index < -0.39 is 0 Å². The van der Waals surface area contributed by atoms with Gasteiger partial charge in [-0.15, -0.1) is 0 Å². The largest absolute Gasteiger partial charge is 0.496 e. The van der Waals surface area contributed by atoms with Gasteiger partial charge in [0, 0.05) is 16.8 Å². The number of ether oxygens (including phenoxy) is 1. The molecular formula is C19H23N3O. The third-order valence-electron chi connectivity index (χ3n) is 3.69. The summed E-state index contributed by atoms with van der Waals surface area (Å²) in [6.07, 6.45) is 0. The number of benzene rings is 1. The van der Waals surface area contributed by atoms with Crippen molar-refractivity contribution in [2.75, 3.05) is 12.4 Å². The third-order valence-corrected chi connectivity index (χ3v) is 3.69. The first-order chi connectivity index (χ1) is 10.9. The van der Waals surface area contributed by atoms with E-state index in [0.29, 0.717) is 0 Å². The van der Waals surface area contributed by atoms with Gasteiger partial charge in [-0.25, -0.2) is 4.98 Å². The number of hydrogen-bond acceptors (Lipinski definition) is 3. The Balaban J connectivity index is 2.32. The number of imidazole rings is 1. The Morgan fingerprint density at radius 2 is 1.78 bits per heavy atom. The molecule has 0 fully saturated rings. The SMILES string of the molecule is COc1ccccc1-c1nc2cccc(C)n2c1NC(C)(C)C. The lowest BCUT2D eigenvalue weighted by atomic mass is 10.1. The zero-order chi connectivity index (χ0) is 16.6. The van der Waals surface area contributed by atoms with Gasteiger partial charge in [0.25, 0.3) is 0 Å². The van der Waals surface area contributed by atoms with E-state index in [-0.39, 0.29) is 5.54 Å². The summed E-state index contributed by atoms with van der Waals surface area (Å²) in [5.41, 5.74) is 3.90. The first kappa shape index (κ1) is 15.4. The van der Waals surface area contributed by atoms with E-state index in [1.54, 1.807) is 7.11 Å². The van der Waals surface area contributed by atoms with Crippen LogP contribution in [0.3, 0.4) is 0 Å². The normalized spacial score (nSPS) is 11.7. The molecule has 2 aromatic heterocycles. The summed E-state index contributed by atoms with van der Waals surface area (Å²) >= 11 is 0. The maximum Gasteiger partial charge on any atom is 0.139 e. The first-order valence-electron chi connectivity index (χ1n) is 7.80. The number of pyridine rings is 1. The number of anilines is 1. The number of hydrogen-bond donors (Lipinski definition) is 1. The molecule has 4 heteroatoms. The van der Waals surface area contributed by atoms with Crippen molar-refractivity contribution in [3.63, 3.8) is 0 Å². The molecule has 0 amide bonds. The van der Waals surface area contributed by atoms with E-state index in [0.717, 1.165) is 34.2 Å². The minimum atomic E-state index is -0.0744. The van der Waals surface area contributed by atoms with Crippen LogP contribution in [0.1, 0.15) is 26.5 Å². The summed E-state index contributed by atoms with van der Waals surface area (Å²) in [4.78, 5) is 4.86. The van der Waals surface area contributed by atoms with Gasteiger partial charge in [-0.05, 0) is 52.0 Å². The van der Waals surface area contributed by atoms with Gasteiger partial charge in [-0.1, -0.05) is 18.2 Å². The molecular weight excluding hydrogens is 286 g/mol. The van der Waals surface area contributed by atoms with Crippen molar-refractivity contribution in [2.45, 2.75) is 33.2 Å². The van der Waals surface area contributed by atoms with Crippen molar-refractivity contribution in [1.29, 1.82) is 0 Å². The number of nitrogens with one attached hydrogen (secondary N) is 1. The van der Waals surface area contributed by atoms with Gasteiger partial charge in [-0.2, -0.15) is 0 Å². The van der Waals surface area contributed by atoms with Crippen LogP contribution < -0.4 is 10.1 Å². The Morgan fingerprint density at radius 1 is 1.04 bits per heavy atom. The maximum absolute atomic E-state index is 5.53. The lowest BCUT2D eigenvalue weighted by molar-refractivity contribution is 0.416. The van der Waals surface area contributed by atoms with Gasteiger partial charge in [0.05, 0.1) is 7.11 Å². The smallest absolute Gasteiger partial charge is 0.139 e. The standard InChI is InChI=1S/C19H23N3O/c1-13-9-8-12-16-20-17(14-10-6-7-11-15(14)23-5)18(22(13)16)21-19(2,3)4/h6-12,21H,1-5H3. The minimum Gasteiger partial charge on any atom is -0.496 e. The van der Waals surface area contributed by atoms with E-state index >= 15 is 0 Å². The summed E-state index contributed by atoms with van der Waals surface area (Å²) in [7, 11) is 1.69. The Bertz CT molecular complexity index is 843. The van der Waals surface area contributed by atoms with Crippen LogP contribution in [0.2, 0.25) is 0 Å². The molecule has 0 aliphatic heterocycles. The number of aromatic nitrogens is 2. The minimum absolute atomic E-state index is 0.0744. The van der Waals surface area contributed by atoms with Crippen molar-refractivity contribution in [3.05, 3.63) is 48.2 Å². The lowest BCUT2D eigenvalue weighted by Gasteiger charge is -2.23. The predicted molar refractivity (Wildman–Crippen MR) is 95.3 cm³/mol. The van der Waals surface area contributed by atoms with Crippen molar-refractivity contribution in [1.82, 2.24) is 9.38 Å². The first-order valence-corrected chi connectivity index (χ1v) is 7.80. The Morgan fingerprint density at radius 3 is 2.48 bits per heavy atom. The highest BCUT2D eigenvalue weighted by Gasteiger charge is 2.21. The Labute approximate surface area is 137 Å². The van der Waals surface area contributed by atoms with Gasteiger partial charge in [0.1, 0.15) is 22.9 Å². The molecule has 1 N–H and O–H groups in total. The second-order valence-corrected chi connectivity index (χ2v) is 6.75. The summed E-state index contributed by atoms with van der Waals surface area (Å²) in [5, 5.41) is 3.61. The highest BCUT2D eigenvalue weighted by Crippen LogP contribution is 2.36. The maximum atomic E-state index is 5.53. The summed E-state index contributed by atoms with van der Waals surface area (Å²) in [6, 6.07) is 14.1. The zero-order valence-corrected chi connectivity index (χ0v) is 14.3. The molecule has 0 aliphatic carbocycles. The topological polar surface area (TPSA) is 38.6 Å². The van der Waals surface area contributed by atoms with Crippen molar-refractivity contribution < 1.29 is 4.74 Å². The fourth-order valence-electron chi connectivity index (χ4n) is 2.75. The van der Waals surface area contributed by atoms with E-state index in [2.05, 4.69) is 43.5 Å². The zero-order valence-electron chi connectivity index (χ0n) is 14.3. The third kappa shape index (κ3) is 2.89. The number of para-hydroxylation sites is 1. The van der Waals surface area contributed by atoms with Gasteiger partial charge < -0.3 is 10.1 Å². The lowest BCUT2D eigenvalue weighted by Crippen LogP contribution is -2.27. The molecule has 3 aromatic rings. The van der Waals surface area contributed by atoms with Gasteiger partial charge in [-0.3, -0.25) is 4.40 Å². The molecule has 4 nitrogen and oxygen atoms in total. The molecule has 0 atom stereocenters. The molecule has 0 aliphatic rings. The number of nitrogens with zero attached hydrogens (tertiary/aromatic N) is 2. The number of rotatable bonds is 3. The van der Waals surface area contributed by atoms with Crippen LogP contribution >= 0.6 is 0 Å². The Hall–Kier alpha value is -2.49. The van der Waals surface area contributed by atoms with Crippen molar-refractivity contribution >= 4 is 11.5 Å². The van der Waals surface area contributed by atoms with Crippen molar-refractivity contribution in [2.24, 2.45) is 0 Å². The number of aryl methyl sites for hydroxylation is 1. The van der Waals surface area contributed by atoms with E-state index in [1.165, 1.54) is 0 Å². The average molecular weight is 309 g/mol. The van der Waals surface area contributed by atoms with Gasteiger partial charge in [0.2, 0.25) is 0 Å². The molecule has 0 radical (unpaired) electrons. The van der Waals surface area contributed by atoms with Crippen LogP contribution in [-0.4, -0.2) is 22.0 Å². The van der Waals surface area contributed by atoms with Crippen LogP contribution in [-0.2, 0) is 0 Å². The Kier molecular flexibility index (Phi) is 3.76. The molecule has 0 saturated heterocycles. The molecule has 3 rings (SSSR count). The average Bonchev–Trinajstić information content (AvgIpc) is 2.85. The molecule has 2 heterocycles. The predicted octanol–water partition coefficient (Wildman–Crippen LogP) is 4.53. The highest BCUT2D eigenvalue weighted by atomic mass is 16.5. The van der Waals surface area contributed by atoms with Crippen LogP contribution in [0.15, 0.2) is 42.5 Å². The molecule has 120 valence electrons. The second kappa shape index (κ2) is 5.61. The molecule has 23 heavy (non-hydrogen) atoms.